The second kappa shape index (κ2) is 5.49. The van der Waals surface area contributed by atoms with Crippen molar-refractivity contribution in [3.63, 3.8) is 0 Å². The number of hydrogen-bond acceptors (Lipinski definition) is 3. The maximum atomic E-state index is 5.91. The van der Waals surface area contributed by atoms with Gasteiger partial charge in [-0.15, -0.1) is 0 Å². The lowest BCUT2D eigenvalue weighted by molar-refractivity contribution is 0.243. The molecule has 2 heterocycles. The van der Waals surface area contributed by atoms with Gasteiger partial charge in [0.05, 0.1) is 0 Å². The molecule has 1 aliphatic heterocycles. The molecule has 0 unspecified atom stereocenters. The zero-order chi connectivity index (χ0) is 13.2. The molecule has 3 heteroatoms. The Kier molecular flexibility index (Phi) is 3.74. The molecule has 1 saturated heterocycles. The van der Waals surface area contributed by atoms with Crippen LogP contribution in [-0.4, -0.2) is 17.6 Å². The van der Waals surface area contributed by atoms with Crippen LogP contribution in [0.15, 0.2) is 12.3 Å². The fraction of sp³-hybridized carbons (Fsp3) is 0.688. The van der Waals surface area contributed by atoms with Crippen molar-refractivity contribution in [2.24, 2.45) is 11.7 Å². The van der Waals surface area contributed by atoms with Gasteiger partial charge in [0.25, 0.3) is 0 Å². The number of pyridine rings is 1. The average molecular weight is 259 g/mol. The Balaban J connectivity index is 1.93. The molecule has 0 spiro atoms. The van der Waals surface area contributed by atoms with E-state index in [4.69, 9.17) is 5.73 Å². The standard InChI is InChI=1S/C16H25N3/c1-12-9-16(14(10-17)11-18-12)19-8-4-6-13-5-2-3-7-15(13)19/h9,11,13,15H,2-8,10,17H2,1H3/t13-,15-/m1/s1. The minimum Gasteiger partial charge on any atom is -0.368 e. The van der Waals surface area contributed by atoms with E-state index in [2.05, 4.69) is 22.9 Å². The lowest BCUT2D eigenvalue weighted by Crippen LogP contribution is -2.47. The van der Waals surface area contributed by atoms with Gasteiger partial charge in [-0.2, -0.15) is 0 Å². The third kappa shape index (κ3) is 2.48. The minimum atomic E-state index is 0.594. The number of nitrogens with two attached hydrogens (primary N) is 1. The van der Waals surface area contributed by atoms with Crippen LogP contribution in [0.3, 0.4) is 0 Å². The number of piperidine rings is 1. The molecule has 3 rings (SSSR count). The van der Waals surface area contributed by atoms with E-state index >= 15 is 0 Å². The lowest BCUT2D eigenvalue weighted by atomic mass is 9.78. The first-order valence-corrected chi connectivity index (χ1v) is 7.72. The smallest absolute Gasteiger partial charge is 0.0448 e. The normalized spacial score (nSPS) is 27.2. The van der Waals surface area contributed by atoms with Gasteiger partial charge in [-0.3, -0.25) is 4.98 Å². The first kappa shape index (κ1) is 12.9. The van der Waals surface area contributed by atoms with Crippen molar-refractivity contribution in [3.8, 4) is 0 Å². The van der Waals surface area contributed by atoms with Crippen molar-refractivity contribution >= 4 is 5.69 Å². The Hall–Kier alpha value is -1.09. The number of rotatable bonds is 2. The topological polar surface area (TPSA) is 42.1 Å². The molecule has 0 radical (unpaired) electrons. The Labute approximate surface area is 116 Å². The summed E-state index contributed by atoms with van der Waals surface area (Å²) in [7, 11) is 0. The highest BCUT2D eigenvalue weighted by molar-refractivity contribution is 5.55. The molecule has 3 nitrogen and oxygen atoms in total. The number of fused-ring (bicyclic) bond motifs is 1. The molecule has 1 aromatic rings. The van der Waals surface area contributed by atoms with E-state index in [0.717, 1.165) is 17.7 Å². The van der Waals surface area contributed by atoms with Crippen molar-refractivity contribution in [2.75, 3.05) is 11.4 Å². The number of aromatic nitrogens is 1. The first-order chi connectivity index (χ1) is 9.29. The van der Waals surface area contributed by atoms with Crippen LogP contribution in [0, 0.1) is 12.8 Å². The van der Waals surface area contributed by atoms with Crippen LogP contribution in [0.4, 0.5) is 5.69 Å². The fourth-order valence-corrected chi connectivity index (χ4v) is 3.92. The van der Waals surface area contributed by atoms with Crippen LogP contribution < -0.4 is 10.6 Å². The molecular formula is C16H25N3. The Bertz CT molecular complexity index is 442. The third-order valence-electron chi connectivity index (χ3n) is 4.87. The highest BCUT2D eigenvalue weighted by Gasteiger charge is 2.33. The molecule has 1 saturated carbocycles. The molecule has 2 fully saturated rings. The van der Waals surface area contributed by atoms with Gasteiger partial charge in [-0.25, -0.2) is 0 Å². The van der Waals surface area contributed by atoms with E-state index in [-0.39, 0.29) is 0 Å². The monoisotopic (exact) mass is 259 g/mol. The van der Waals surface area contributed by atoms with Crippen LogP contribution in [0.2, 0.25) is 0 Å². The zero-order valence-electron chi connectivity index (χ0n) is 11.9. The summed E-state index contributed by atoms with van der Waals surface area (Å²) in [6, 6.07) is 2.98. The van der Waals surface area contributed by atoms with E-state index in [9.17, 15) is 0 Å². The maximum Gasteiger partial charge on any atom is 0.0448 e. The summed E-state index contributed by atoms with van der Waals surface area (Å²) in [4.78, 5) is 7.05. The largest absolute Gasteiger partial charge is 0.368 e. The van der Waals surface area contributed by atoms with E-state index in [1.807, 2.05) is 6.20 Å². The number of hydrogen-bond donors (Lipinski definition) is 1. The van der Waals surface area contributed by atoms with Gasteiger partial charge in [0, 0.05) is 42.3 Å². The van der Waals surface area contributed by atoms with Crippen LogP contribution in [0.5, 0.6) is 0 Å². The van der Waals surface area contributed by atoms with Crippen molar-refractivity contribution in [2.45, 2.75) is 58.0 Å². The Morgan fingerprint density at radius 1 is 1.26 bits per heavy atom. The van der Waals surface area contributed by atoms with Gasteiger partial charge in [-0.1, -0.05) is 12.8 Å². The van der Waals surface area contributed by atoms with E-state index in [1.165, 1.54) is 56.3 Å². The van der Waals surface area contributed by atoms with Crippen LogP contribution in [0.1, 0.15) is 49.8 Å². The van der Waals surface area contributed by atoms with Gasteiger partial charge in [-0.05, 0) is 44.6 Å². The maximum absolute atomic E-state index is 5.91. The van der Waals surface area contributed by atoms with E-state index in [1.54, 1.807) is 0 Å². The van der Waals surface area contributed by atoms with Gasteiger partial charge in [0.15, 0.2) is 0 Å². The summed E-state index contributed by atoms with van der Waals surface area (Å²) in [6.07, 6.45) is 10.3. The number of nitrogens with zero attached hydrogens (tertiary/aromatic N) is 2. The molecule has 0 bridgehead atoms. The van der Waals surface area contributed by atoms with Crippen LogP contribution >= 0.6 is 0 Å². The minimum absolute atomic E-state index is 0.594. The van der Waals surface area contributed by atoms with E-state index in [0.29, 0.717) is 6.54 Å². The predicted octanol–water partition coefficient (Wildman–Crippen LogP) is 3.01. The molecule has 2 aliphatic rings. The molecular weight excluding hydrogens is 234 g/mol. The van der Waals surface area contributed by atoms with Gasteiger partial charge >= 0.3 is 0 Å². The summed E-state index contributed by atoms with van der Waals surface area (Å²) in [5, 5.41) is 0. The molecule has 104 valence electrons. The van der Waals surface area contributed by atoms with Crippen molar-refractivity contribution in [3.05, 3.63) is 23.5 Å². The van der Waals surface area contributed by atoms with Crippen molar-refractivity contribution < 1.29 is 0 Å². The van der Waals surface area contributed by atoms with Crippen molar-refractivity contribution in [1.29, 1.82) is 0 Å². The zero-order valence-corrected chi connectivity index (χ0v) is 11.9. The lowest BCUT2D eigenvalue weighted by Gasteiger charge is -2.46. The molecule has 2 atom stereocenters. The highest BCUT2D eigenvalue weighted by atomic mass is 15.2. The second-order valence-corrected chi connectivity index (χ2v) is 6.11. The first-order valence-electron chi connectivity index (χ1n) is 7.72. The quantitative estimate of drug-likeness (QED) is 0.887. The molecule has 0 aromatic carbocycles. The number of aryl methyl sites for hydroxylation is 1. The summed E-state index contributed by atoms with van der Waals surface area (Å²) >= 11 is 0. The molecule has 19 heavy (non-hydrogen) atoms. The van der Waals surface area contributed by atoms with Crippen LogP contribution in [-0.2, 0) is 6.54 Å². The summed E-state index contributed by atoms with van der Waals surface area (Å²) in [5.74, 6) is 0.904. The average Bonchev–Trinajstić information content (AvgIpc) is 2.46. The van der Waals surface area contributed by atoms with Gasteiger partial charge in [0.2, 0.25) is 0 Å². The Morgan fingerprint density at radius 2 is 2.05 bits per heavy atom. The SMILES string of the molecule is Cc1cc(N2CCC[C@H]3CCCC[C@H]32)c(CN)cn1. The second-order valence-electron chi connectivity index (χ2n) is 6.11. The molecule has 1 aromatic heterocycles. The molecule has 0 amide bonds. The summed E-state index contributed by atoms with van der Waals surface area (Å²) < 4.78 is 0. The van der Waals surface area contributed by atoms with Gasteiger partial charge < -0.3 is 10.6 Å². The highest BCUT2D eigenvalue weighted by Crippen LogP contribution is 2.38. The van der Waals surface area contributed by atoms with Crippen LogP contribution in [0.25, 0.3) is 0 Å². The number of anilines is 1. The fourth-order valence-electron chi connectivity index (χ4n) is 3.92. The van der Waals surface area contributed by atoms with E-state index < -0.39 is 0 Å². The molecule has 1 aliphatic carbocycles. The Morgan fingerprint density at radius 3 is 2.89 bits per heavy atom. The molecule has 2 N–H and O–H groups in total. The van der Waals surface area contributed by atoms with Gasteiger partial charge in [0.1, 0.15) is 0 Å². The summed E-state index contributed by atoms with van der Waals surface area (Å²) in [5.41, 5.74) is 9.57. The third-order valence-corrected chi connectivity index (χ3v) is 4.87. The predicted molar refractivity (Wildman–Crippen MR) is 79.2 cm³/mol. The summed E-state index contributed by atoms with van der Waals surface area (Å²) in [6.45, 7) is 3.86. The van der Waals surface area contributed by atoms with Crippen molar-refractivity contribution in [1.82, 2.24) is 4.98 Å².